The predicted octanol–water partition coefficient (Wildman–Crippen LogP) is 4.22. The van der Waals surface area contributed by atoms with E-state index in [9.17, 15) is 23.2 Å². The Balaban J connectivity index is 1.80. The molecule has 4 rings (SSSR count). The number of hydrogen-bond donors (Lipinski definition) is 0. The van der Waals surface area contributed by atoms with Gasteiger partial charge < -0.3 is 14.4 Å². The average molecular weight is 458 g/mol. The fourth-order valence-corrected chi connectivity index (χ4v) is 4.14. The van der Waals surface area contributed by atoms with Crippen LogP contribution in [0.4, 0.5) is 23.2 Å². The van der Waals surface area contributed by atoms with Crippen molar-refractivity contribution in [3.05, 3.63) is 75.3 Å². The molecule has 0 aliphatic carbocycles. The second kappa shape index (κ2) is 8.87. The zero-order chi connectivity index (χ0) is 23.8. The molecule has 0 atom stereocenters. The number of nitrogens with zero attached hydrogens (tertiary/aromatic N) is 4. The summed E-state index contributed by atoms with van der Waals surface area (Å²) < 4.78 is 55.4. The van der Waals surface area contributed by atoms with E-state index in [-0.39, 0.29) is 17.5 Å². The zero-order valence-electron chi connectivity index (χ0n) is 18.0. The Labute approximate surface area is 188 Å². The van der Waals surface area contributed by atoms with E-state index >= 15 is 4.39 Å². The second-order valence-corrected chi connectivity index (χ2v) is 8.27. The maximum absolute atomic E-state index is 15.1. The van der Waals surface area contributed by atoms with Crippen molar-refractivity contribution in [1.29, 1.82) is 5.26 Å². The third-order valence-corrected chi connectivity index (χ3v) is 5.96. The van der Waals surface area contributed by atoms with Crippen LogP contribution in [0.3, 0.4) is 0 Å². The summed E-state index contributed by atoms with van der Waals surface area (Å²) >= 11 is 0. The third kappa shape index (κ3) is 4.71. The van der Waals surface area contributed by atoms with Crippen LogP contribution in [0.2, 0.25) is 0 Å². The van der Waals surface area contributed by atoms with Crippen LogP contribution >= 0.6 is 0 Å². The Morgan fingerprint density at radius 1 is 1.06 bits per heavy atom. The molecule has 1 aliphatic rings. The van der Waals surface area contributed by atoms with Gasteiger partial charge in [-0.25, -0.2) is 4.39 Å². The van der Waals surface area contributed by atoms with E-state index in [0.29, 0.717) is 29.9 Å². The van der Waals surface area contributed by atoms with Gasteiger partial charge in [0.05, 0.1) is 22.2 Å². The van der Waals surface area contributed by atoms with Gasteiger partial charge in [-0.1, -0.05) is 12.1 Å². The van der Waals surface area contributed by atoms with Crippen molar-refractivity contribution in [3.63, 3.8) is 0 Å². The molecule has 33 heavy (non-hydrogen) atoms. The van der Waals surface area contributed by atoms with Gasteiger partial charge in [-0.3, -0.25) is 4.79 Å². The first kappa shape index (κ1) is 22.8. The SMILES string of the molecule is CN1CCCN(c2cc3c(cc2F)c(=O)c(C#N)cn3Cc2ccc(C(F)(F)F)cc2)CC1. The van der Waals surface area contributed by atoms with Crippen molar-refractivity contribution < 1.29 is 17.6 Å². The molecule has 0 saturated carbocycles. The summed E-state index contributed by atoms with van der Waals surface area (Å²) in [6.07, 6.45) is -2.20. The van der Waals surface area contributed by atoms with Gasteiger partial charge in [0, 0.05) is 32.4 Å². The lowest BCUT2D eigenvalue weighted by Gasteiger charge is -2.24. The van der Waals surface area contributed by atoms with Crippen LogP contribution < -0.4 is 10.3 Å². The van der Waals surface area contributed by atoms with E-state index in [0.717, 1.165) is 37.7 Å². The number of pyridine rings is 1. The number of anilines is 1. The van der Waals surface area contributed by atoms with E-state index in [1.54, 1.807) is 10.6 Å². The summed E-state index contributed by atoms with van der Waals surface area (Å²) in [7, 11) is 2.01. The molecule has 1 aromatic heterocycles. The highest BCUT2D eigenvalue weighted by Gasteiger charge is 2.30. The highest BCUT2D eigenvalue weighted by molar-refractivity contribution is 5.84. The number of nitriles is 1. The molecule has 3 aromatic rings. The smallest absolute Gasteiger partial charge is 0.368 e. The van der Waals surface area contributed by atoms with E-state index < -0.39 is 23.0 Å². The maximum atomic E-state index is 15.1. The van der Waals surface area contributed by atoms with Crippen LogP contribution in [0.15, 0.2) is 47.4 Å². The van der Waals surface area contributed by atoms with Crippen LogP contribution in [0.5, 0.6) is 0 Å². The zero-order valence-corrected chi connectivity index (χ0v) is 18.0. The van der Waals surface area contributed by atoms with Gasteiger partial charge in [0.2, 0.25) is 5.43 Å². The highest BCUT2D eigenvalue weighted by Crippen LogP contribution is 2.30. The molecule has 0 radical (unpaired) electrons. The molecule has 9 heteroatoms. The quantitative estimate of drug-likeness (QED) is 0.552. The van der Waals surface area contributed by atoms with E-state index in [4.69, 9.17) is 0 Å². The van der Waals surface area contributed by atoms with Crippen molar-refractivity contribution in [2.45, 2.75) is 19.1 Å². The number of hydrogen-bond acceptors (Lipinski definition) is 4. The van der Waals surface area contributed by atoms with Gasteiger partial charge in [0.25, 0.3) is 0 Å². The molecule has 0 unspecified atom stereocenters. The van der Waals surface area contributed by atoms with Crippen molar-refractivity contribution in [1.82, 2.24) is 9.47 Å². The summed E-state index contributed by atoms with van der Waals surface area (Å²) in [6, 6.07) is 9.28. The topological polar surface area (TPSA) is 52.3 Å². The Kier molecular flexibility index (Phi) is 6.13. The van der Waals surface area contributed by atoms with Gasteiger partial charge in [0.15, 0.2) is 0 Å². The van der Waals surface area contributed by atoms with Crippen molar-refractivity contribution in [2.75, 3.05) is 38.1 Å². The molecule has 1 fully saturated rings. The Morgan fingerprint density at radius 2 is 1.79 bits per heavy atom. The van der Waals surface area contributed by atoms with Crippen molar-refractivity contribution >= 4 is 16.6 Å². The molecule has 2 aromatic carbocycles. The van der Waals surface area contributed by atoms with E-state index in [1.165, 1.54) is 18.3 Å². The van der Waals surface area contributed by atoms with Crippen LogP contribution in [-0.2, 0) is 12.7 Å². The molecule has 5 nitrogen and oxygen atoms in total. The third-order valence-electron chi connectivity index (χ3n) is 5.96. The summed E-state index contributed by atoms with van der Waals surface area (Å²) in [5.41, 5.74) is -0.144. The Bertz CT molecular complexity index is 1280. The summed E-state index contributed by atoms with van der Waals surface area (Å²) in [5, 5.41) is 9.45. The Morgan fingerprint density at radius 3 is 2.45 bits per heavy atom. The first-order valence-corrected chi connectivity index (χ1v) is 10.5. The molecule has 0 amide bonds. The van der Waals surface area contributed by atoms with Gasteiger partial charge in [-0.15, -0.1) is 0 Å². The second-order valence-electron chi connectivity index (χ2n) is 8.27. The Hall–Kier alpha value is -3.38. The number of halogens is 4. The number of benzene rings is 2. The summed E-state index contributed by atoms with van der Waals surface area (Å²) in [6.45, 7) is 3.07. The van der Waals surface area contributed by atoms with Crippen molar-refractivity contribution in [2.24, 2.45) is 0 Å². The number of likely N-dealkylation sites (N-methyl/N-ethyl adjacent to an activating group) is 1. The lowest BCUT2D eigenvalue weighted by molar-refractivity contribution is -0.137. The van der Waals surface area contributed by atoms with Crippen molar-refractivity contribution in [3.8, 4) is 6.07 Å². The van der Waals surface area contributed by atoms with Crippen LogP contribution in [-0.4, -0.2) is 42.7 Å². The minimum Gasteiger partial charge on any atom is -0.368 e. The molecule has 0 spiro atoms. The number of fused-ring (bicyclic) bond motifs is 1. The fraction of sp³-hybridized carbons (Fsp3) is 0.333. The van der Waals surface area contributed by atoms with Gasteiger partial charge in [-0.05, 0) is 49.8 Å². The highest BCUT2D eigenvalue weighted by atomic mass is 19.4. The van der Waals surface area contributed by atoms with Crippen LogP contribution in [0.1, 0.15) is 23.1 Å². The lowest BCUT2D eigenvalue weighted by Crippen LogP contribution is -2.29. The standard InChI is InChI=1S/C24H22F4N4O/c1-30-7-2-8-31(10-9-30)22-12-21-19(11-20(22)25)23(33)17(13-29)15-32(21)14-16-3-5-18(6-4-16)24(26,27)28/h3-6,11-12,15H,2,7-10,14H2,1H3. The maximum Gasteiger partial charge on any atom is 0.416 e. The monoisotopic (exact) mass is 458 g/mol. The average Bonchev–Trinajstić information content (AvgIpc) is 2.99. The van der Waals surface area contributed by atoms with Gasteiger partial charge >= 0.3 is 6.18 Å². The van der Waals surface area contributed by atoms with Gasteiger partial charge in [-0.2, -0.15) is 18.4 Å². The largest absolute Gasteiger partial charge is 0.416 e. The summed E-state index contributed by atoms with van der Waals surface area (Å²) in [4.78, 5) is 16.8. The number of rotatable bonds is 3. The molecular weight excluding hydrogens is 436 g/mol. The molecule has 172 valence electrons. The number of aromatic nitrogens is 1. The summed E-state index contributed by atoms with van der Waals surface area (Å²) in [5.74, 6) is -0.541. The molecule has 0 N–H and O–H groups in total. The molecule has 1 saturated heterocycles. The van der Waals surface area contributed by atoms with E-state index in [1.807, 2.05) is 18.0 Å². The van der Waals surface area contributed by atoms with E-state index in [2.05, 4.69) is 4.90 Å². The van der Waals surface area contributed by atoms with Gasteiger partial charge in [0.1, 0.15) is 17.4 Å². The minimum absolute atomic E-state index is 0.0640. The minimum atomic E-state index is -4.44. The molecule has 2 heterocycles. The first-order valence-electron chi connectivity index (χ1n) is 10.5. The normalized spacial score (nSPS) is 15.5. The van der Waals surface area contributed by atoms with Crippen LogP contribution in [0.25, 0.3) is 10.9 Å². The molecule has 0 bridgehead atoms. The molecule has 1 aliphatic heterocycles. The fourth-order valence-electron chi connectivity index (χ4n) is 4.14. The number of alkyl halides is 3. The van der Waals surface area contributed by atoms with Crippen LogP contribution in [0, 0.1) is 17.1 Å². The lowest BCUT2D eigenvalue weighted by atomic mass is 10.1. The molecular formula is C24H22F4N4O. The first-order chi connectivity index (χ1) is 15.7. The predicted molar refractivity (Wildman–Crippen MR) is 118 cm³/mol.